The average molecular weight is 269 g/mol. The molecule has 0 saturated heterocycles. The lowest BCUT2D eigenvalue weighted by atomic mass is 9.93. The molecule has 0 bridgehead atoms. The Morgan fingerprint density at radius 3 is 3.00 bits per heavy atom. The summed E-state index contributed by atoms with van der Waals surface area (Å²) in [5.74, 6) is 0. The zero-order chi connectivity index (χ0) is 13.4. The maximum atomic E-state index is 11.8. The van der Waals surface area contributed by atoms with Crippen molar-refractivity contribution in [2.75, 3.05) is 6.26 Å². The van der Waals surface area contributed by atoms with Crippen LogP contribution in [-0.4, -0.2) is 6.26 Å². The van der Waals surface area contributed by atoms with E-state index in [-0.39, 0.29) is 5.56 Å². The fourth-order valence-electron chi connectivity index (χ4n) is 2.51. The van der Waals surface area contributed by atoms with E-state index < -0.39 is 5.63 Å². The summed E-state index contributed by atoms with van der Waals surface area (Å²) >= 11 is 1.43. The van der Waals surface area contributed by atoms with E-state index in [9.17, 15) is 4.79 Å². The van der Waals surface area contributed by atoms with Crippen LogP contribution in [0.15, 0.2) is 32.3 Å². The van der Waals surface area contributed by atoms with E-state index in [1.807, 2.05) is 24.5 Å². The van der Waals surface area contributed by atoms with Crippen molar-refractivity contribution in [2.45, 2.75) is 17.7 Å². The number of hydrogen-bond acceptors (Lipinski definition) is 4. The lowest BCUT2D eigenvalue weighted by Gasteiger charge is -2.15. The van der Waals surface area contributed by atoms with Crippen molar-refractivity contribution in [3.63, 3.8) is 0 Å². The molecule has 1 aliphatic rings. The van der Waals surface area contributed by atoms with Gasteiger partial charge in [-0.15, -0.1) is 11.8 Å². The highest BCUT2D eigenvalue weighted by atomic mass is 32.2. The Labute approximate surface area is 114 Å². The van der Waals surface area contributed by atoms with Gasteiger partial charge in [0.05, 0.1) is 0 Å². The van der Waals surface area contributed by atoms with E-state index in [2.05, 4.69) is 12.2 Å². The minimum Gasteiger partial charge on any atom is -0.422 e. The van der Waals surface area contributed by atoms with Gasteiger partial charge >= 0.3 is 5.63 Å². The summed E-state index contributed by atoms with van der Waals surface area (Å²) < 4.78 is 5.28. The molecule has 19 heavy (non-hydrogen) atoms. The molecular formula is C15H11NO2S. The maximum absolute atomic E-state index is 11.8. The normalized spacial score (nSPS) is 13.3. The summed E-state index contributed by atoms with van der Waals surface area (Å²) in [4.78, 5) is 12.5. The van der Waals surface area contributed by atoms with Crippen LogP contribution in [-0.2, 0) is 6.42 Å². The van der Waals surface area contributed by atoms with Gasteiger partial charge < -0.3 is 4.42 Å². The second-order valence-electron chi connectivity index (χ2n) is 4.36. The summed E-state index contributed by atoms with van der Waals surface area (Å²) in [6.07, 6.45) is 7.99. The maximum Gasteiger partial charge on any atom is 0.355 e. The van der Waals surface area contributed by atoms with Crippen molar-refractivity contribution in [2.24, 2.45) is 0 Å². The molecule has 0 fully saturated rings. The first-order chi connectivity index (χ1) is 9.26. The lowest BCUT2D eigenvalue weighted by Crippen LogP contribution is -2.08. The van der Waals surface area contributed by atoms with Gasteiger partial charge in [0, 0.05) is 10.3 Å². The lowest BCUT2D eigenvalue weighted by molar-refractivity contribution is 0.554. The van der Waals surface area contributed by atoms with Crippen LogP contribution < -0.4 is 5.63 Å². The second kappa shape index (κ2) is 4.60. The first-order valence-electron chi connectivity index (χ1n) is 5.99. The molecule has 3 rings (SSSR count). The monoisotopic (exact) mass is 269 g/mol. The van der Waals surface area contributed by atoms with Gasteiger partial charge in [-0.25, -0.2) is 4.79 Å². The topological polar surface area (TPSA) is 54.0 Å². The Balaban J connectivity index is 2.52. The Hall–Kier alpha value is -1.99. The van der Waals surface area contributed by atoms with Crippen molar-refractivity contribution in [1.82, 2.24) is 0 Å². The molecule has 1 aromatic carbocycles. The molecule has 1 aliphatic carbocycles. The highest BCUT2D eigenvalue weighted by Gasteiger charge is 2.18. The molecule has 1 heterocycles. The minimum atomic E-state index is -0.550. The molecule has 0 unspecified atom stereocenters. The van der Waals surface area contributed by atoms with Gasteiger partial charge in [0.15, 0.2) is 5.56 Å². The van der Waals surface area contributed by atoms with Crippen LogP contribution >= 0.6 is 11.8 Å². The summed E-state index contributed by atoms with van der Waals surface area (Å²) in [7, 11) is 0. The highest BCUT2D eigenvalue weighted by molar-refractivity contribution is 7.98. The zero-order valence-corrected chi connectivity index (χ0v) is 11.2. The largest absolute Gasteiger partial charge is 0.422 e. The van der Waals surface area contributed by atoms with Gasteiger partial charge in [-0.3, -0.25) is 0 Å². The Kier molecular flexibility index (Phi) is 2.92. The first kappa shape index (κ1) is 12.1. The van der Waals surface area contributed by atoms with Crippen LogP contribution in [0.1, 0.15) is 23.1 Å². The predicted molar refractivity (Wildman–Crippen MR) is 76.3 cm³/mol. The Morgan fingerprint density at radius 1 is 1.42 bits per heavy atom. The van der Waals surface area contributed by atoms with E-state index in [1.165, 1.54) is 17.3 Å². The molecule has 0 atom stereocenters. The summed E-state index contributed by atoms with van der Waals surface area (Å²) in [6.45, 7) is 0. The van der Waals surface area contributed by atoms with E-state index in [4.69, 9.17) is 9.68 Å². The third-order valence-corrected chi connectivity index (χ3v) is 4.16. The number of benzene rings is 1. The predicted octanol–water partition coefficient (Wildman–Crippen LogP) is 3.35. The van der Waals surface area contributed by atoms with E-state index in [0.29, 0.717) is 5.58 Å². The highest BCUT2D eigenvalue weighted by Crippen LogP contribution is 2.34. The number of aryl methyl sites for hydroxylation is 1. The third kappa shape index (κ3) is 1.78. The van der Waals surface area contributed by atoms with Crippen LogP contribution in [0.2, 0.25) is 0 Å². The molecule has 4 heteroatoms. The molecule has 0 radical (unpaired) electrons. The molecule has 94 valence electrons. The van der Waals surface area contributed by atoms with Crippen LogP contribution in [0.4, 0.5) is 0 Å². The van der Waals surface area contributed by atoms with Crippen molar-refractivity contribution >= 4 is 28.8 Å². The van der Waals surface area contributed by atoms with Gasteiger partial charge in [0.2, 0.25) is 0 Å². The standard InChI is InChI=1S/C15H11NO2S/c1-19-14-11(8-16)15(17)18-12-7-6-9-4-2-3-5-10(9)13(12)14/h2,4,6-7H,3,5H2,1H3. The molecule has 0 spiro atoms. The molecule has 1 aromatic heterocycles. The van der Waals surface area contributed by atoms with Crippen molar-refractivity contribution in [3.05, 3.63) is 45.3 Å². The fraction of sp³-hybridized carbons (Fsp3) is 0.200. The molecule has 3 nitrogen and oxygen atoms in total. The Bertz CT molecular complexity index is 796. The van der Waals surface area contributed by atoms with Gasteiger partial charge in [0.1, 0.15) is 11.7 Å². The molecule has 0 saturated carbocycles. The van der Waals surface area contributed by atoms with Gasteiger partial charge in [-0.05, 0) is 36.3 Å². The number of rotatable bonds is 1. The number of hydrogen-bond donors (Lipinski definition) is 0. The smallest absolute Gasteiger partial charge is 0.355 e. The van der Waals surface area contributed by atoms with Crippen LogP contribution in [0, 0.1) is 11.3 Å². The first-order valence-corrected chi connectivity index (χ1v) is 7.22. The number of thioether (sulfide) groups is 1. The second-order valence-corrected chi connectivity index (χ2v) is 5.17. The SMILES string of the molecule is CSc1c(C#N)c(=O)oc2ccc3c(c12)CCC=C3. The van der Waals surface area contributed by atoms with Crippen LogP contribution in [0.3, 0.4) is 0 Å². The quantitative estimate of drug-likeness (QED) is 0.588. The van der Waals surface area contributed by atoms with E-state index in [0.717, 1.165) is 28.7 Å². The average Bonchev–Trinajstić information content (AvgIpc) is 2.45. The molecule has 0 aliphatic heterocycles. The number of fused-ring (bicyclic) bond motifs is 3. The molecular weight excluding hydrogens is 258 g/mol. The molecule has 0 amide bonds. The summed E-state index contributed by atoms with van der Waals surface area (Å²) in [6, 6.07) is 5.74. The van der Waals surface area contributed by atoms with Gasteiger partial charge in [0.25, 0.3) is 0 Å². The van der Waals surface area contributed by atoms with E-state index >= 15 is 0 Å². The number of nitriles is 1. The minimum absolute atomic E-state index is 0.114. The van der Waals surface area contributed by atoms with Crippen LogP contribution in [0.5, 0.6) is 0 Å². The van der Waals surface area contributed by atoms with Crippen molar-refractivity contribution in [1.29, 1.82) is 5.26 Å². The summed E-state index contributed by atoms with van der Waals surface area (Å²) in [5, 5.41) is 10.1. The van der Waals surface area contributed by atoms with E-state index in [1.54, 1.807) is 0 Å². The number of nitrogens with zero attached hydrogens (tertiary/aromatic N) is 1. The van der Waals surface area contributed by atoms with Gasteiger partial charge in [-0.1, -0.05) is 18.2 Å². The number of allylic oxidation sites excluding steroid dienone is 1. The molecule has 2 aromatic rings. The van der Waals surface area contributed by atoms with Gasteiger partial charge in [-0.2, -0.15) is 5.26 Å². The third-order valence-electron chi connectivity index (χ3n) is 3.35. The van der Waals surface area contributed by atoms with Crippen molar-refractivity contribution in [3.8, 4) is 6.07 Å². The summed E-state index contributed by atoms with van der Waals surface area (Å²) in [5.41, 5.74) is 2.45. The van der Waals surface area contributed by atoms with Crippen molar-refractivity contribution < 1.29 is 4.42 Å². The zero-order valence-electron chi connectivity index (χ0n) is 10.4. The fourth-order valence-corrected chi connectivity index (χ4v) is 3.27. The Morgan fingerprint density at radius 2 is 2.26 bits per heavy atom. The molecule has 0 N–H and O–H groups in total. The van der Waals surface area contributed by atoms with Crippen LogP contribution in [0.25, 0.3) is 17.0 Å².